The van der Waals surface area contributed by atoms with Crippen LogP contribution < -0.4 is 0 Å². The van der Waals surface area contributed by atoms with Gasteiger partial charge in [0.25, 0.3) is 0 Å². The number of carbonyl (C=O) groups is 2. The summed E-state index contributed by atoms with van der Waals surface area (Å²) in [6, 6.07) is 0. The lowest BCUT2D eigenvalue weighted by molar-refractivity contribution is -0.137. The van der Waals surface area contributed by atoms with Crippen molar-refractivity contribution >= 4 is 11.9 Å². The van der Waals surface area contributed by atoms with Gasteiger partial charge in [0.05, 0.1) is 5.57 Å². The van der Waals surface area contributed by atoms with Gasteiger partial charge < -0.3 is 9.84 Å². The Morgan fingerprint density at radius 2 is 2.07 bits per heavy atom. The molecule has 0 aliphatic carbocycles. The second kappa shape index (κ2) is 5.75. The van der Waals surface area contributed by atoms with Gasteiger partial charge in [-0.15, -0.1) is 0 Å². The zero-order valence-corrected chi connectivity index (χ0v) is 7.95. The summed E-state index contributed by atoms with van der Waals surface area (Å²) in [6.07, 6.45) is 2.58. The lowest BCUT2D eigenvalue weighted by atomic mass is 10.2. The normalized spacial score (nSPS) is 10.5. The highest BCUT2D eigenvalue weighted by Gasteiger charge is 2.07. The van der Waals surface area contributed by atoms with Crippen LogP contribution in [0, 0.1) is 0 Å². The highest BCUT2D eigenvalue weighted by Crippen LogP contribution is 2.02. The van der Waals surface area contributed by atoms with Crippen LogP contribution in [0.2, 0.25) is 0 Å². The first-order valence-corrected chi connectivity index (χ1v) is 3.87. The maximum Gasteiger partial charge on any atom is 0.337 e. The standard InChI is InChI=1S/C10H12O4/c1-4-5-14-10(13)8(3)6-7(2)9(11)12/h4,6H,1,3,5H2,2H3,(H,11,12). The third kappa shape index (κ3) is 4.25. The van der Waals surface area contributed by atoms with Crippen molar-refractivity contribution in [3.8, 4) is 0 Å². The summed E-state index contributed by atoms with van der Waals surface area (Å²) in [7, 11) is 0. The van der Waals surface area contributed by atoms with Crippen LogP contribution in [0.3, 0.4) is 0 Å². The smallest absolute Gasteiger partial charge is 0.337 e. The van der Waals surface area contributed by atoms with Gasteiger partial charge in [0.1, 0.15) is 6.61 Å². The number of hydrogen-bond acceptors (Lipinski definition) is 3. The van der Waals surface area contributed by atoms with Crippen LogP contribution in [0.5, 0.6) is 0 Å². The van der Waals surface area contributed by atoms with Crippen LogP contribution >= 0.6 is 0 Å². The zero-order chi connectivity index (χ0) is 11.1. The summed E-state index contributed by atoms with van der Waals surface area (Å²) in [4.78, 5) is 21.4. The Morgan fingerprint density at radius 1 is 1.50 bits per heavy atom. The second-order valence-electron chi connectivity index (χ2n) is 2.54. The summed E-state index contributed by atoms with van der Waals surface area (Å²) in [5, 5.41) is 8.51. The number of aliphatic carboxylic acids is 1. The molecule has 14 heavy (non-hydrogen) atoms. The molecule has 0 atom stereocenters. The van der Waals surface area contributed by atoms with Gasteiger partial charge in [0, 0.05) is 5.57 Å². The number of hydrogen-bond donors (Lipinski definition) is 1. The minimum atomic E-state index is -1.09. The van der Waals surface area contributed by atoms with Crippen molar-refractivity contribution < 1.29 is 19.4 Å². The van der Waals surface area contributed by atoms with E-state index in [0.717, 1.165) is 6.08 Å². The van der Waals surface area contributed by atoms with Crippen LogP contribution in [-0.2, 0) is 14.3 Å². The average Bonchev–Trinajstić information content (AvgIpc) is 2.13. The first-order valence-electron chi connectivity index (χ1n) is 3.87. The molecular weight excluding hydrogens is 184 g/mol. The first-order chi connectivity index (χ1) is 6.49. The molecule has 76 valence electrons. The largest absolute Gasteiger partial charge is 0.478 e. The van der Waals surface area contributed by atoms with Gasteiger partial charge in [-0.1, -0.05) is 19.2 Å². The van der Waals surface area contributed by atoms with Crippen molar-refractivity contribution in [3.63, 3.8) is 0 Å². The number of rotatable bonds is 5. The summed E-state index contributed by atoms with van der Waals surface area (Å²) >= 11 is 0. The molecule has 0 aromatic rings. The number of carboxylic acid groups (broad SMARTS) is 1. The molecule has 0 aliphatic heterocycles. The Morgan fingerprint density at radius 3 is 2.50 bits per heavy atom. The van der Waals surface area contributed by atoms with Crippen LogP contribution in [0.15, 0.2) is 36.5 Å². The number of carboxylic acids is 1. The third-order valence-corrected chi connectivity index (χ3v) is 1.32. The Hall–Kier alpha value is -1.84. The van der Waals surface area contributed by atoms with E-state index in [4.69, 9.17) is 5.11 Å². The van der Waals surface area contributed by atoms with Crippen molar-refractivity contribution in [1.82, 2.24) is 0 Å². The molecule has 0 radical (unpaired) electrons. The van der Waals surface area contributed by atoms with Crippen molar-refractivity contribution in [2.75, 3.05) is 6.61 Å². The molecule has 0 saturated carbocycles. The van der Waals surface area contributed by atoms with Crippen LogP contribution in [0.1, 0.15) is 6.92 Å². The average molecular weight is 196 g/mol. The molecule has 0 aromatic carbocycles. The predicted molar refractivity (Wildman–Crippen MR) is 51.7 cm³/mol. The van der Waals surface area contributed by atoms with E-state index in [-0.39, 0.29) is 17.8 Å². The van der Waals surface area contributed by atoms with Gasteiger partial charge in [-0.3, -0.25) is 0 Å². The number of carbonyl (C=O) groups excluding carboxylic acids is 1. The van der Waals surface area contributed by atoms with Gasteiger partial charge in [0.2, 0.25) is 0 Å². The predicted octanol–water partition coefficient (Wildman–Crippen LogP) is 1.30. The monoisotopic (exact) mass is 196 g/mol. The van der Waals surface area contributed by atoms with E-state index < -0.39 is 11.9 Å². The van der Waals surface area contributed by atoms with Gasteiger partial charge in [-0.25, -0.2) is 9.59 Å². The highest BCUT2D eigenvalue weighted by molar-refractivity contribution is 5.94. The Kier molecular flexibility index (Phi) is 4.99. The first kappa shape index (κ1) is 12.2. The minimum Gasteiger partial charge on any atom is -0.478 e. The van der Waals surface area contributed by atoms with Crippen LogP contribution in [-0.4, -0.2) is 23.7 Å². The highest BCUT2D eigenvalue weighted by atomic mass is 16.5. The Bertz CT molecular complexity index is 299. The van der Waals surface area contributed by atoms with Gasteiger partial charge in [0.15, 0.2) is 0 Å². The van der Waals surface area contributed by atoms with Crippen molar-refractivity contribution in [2.24, 2.45) is 0 Å². The molecule has 0 amide bonds. The van der Waals surface area contributed by atoms with Crippen LogP contribution in [0.25, 0.3) is 0 Å². The molecule has 0 bridgehead atoms. The molecule has 0 spiro atoms. The Balaban J connectivity index is 4.34. The van der Waals surface area contributed by atoms with E-state index in [2.05, 4.69) is 17.9 Å². The molecule has 4 heteroatoms. The van der Waals surface area contributed by atoms with E-state index in [1.807, 2.05) is 0 Å². The molecule has 1 N–H and O–H groups in total. The van der Waals surface area contributed by atoms with E-state index in [0.29, 0.717) is 0 Å². The molecule has 4 nitrogen and oxygen atoms in total. The second-order valence-corrected chi connectivity index (χ2v) is 2.54. The lowest BCUT2D eigenvalue weighted by Gasteiger charge is -2.01. The fourth-order valence-electron chi connectivity index (χ4n) is 0.609. The molecule has 0 rings (SSSR count). The SMILES string of the molecule is C=CCOC(=O)C(=C)C=C(C)C(=O)O. The minimum absolute atomic E-state index is 0.00625. The van der Waals surface area contributed by atoms with E-state index in [9.17, 15) is 9.59 Å². The number of ether oxygens (including phenoxy) is 1. The van der Waals surface area contributed by atoms with Gasteiger partial charge >= 0.3 is 11.9 Å². The number of esters is 1. The summed E-state index contributed by atoms with van der Waals surface area (Å²) in [5.74, 6) is -1.74. The quantitative estimate of drug-likeness (QED) is 0.311. The molecule has 0 saturated heterocycles. The fraction of sp³-hybridized carbons (Fsp3) is 0.200. The lowest BCUT2D eigenvalue weighted by Crippen LogP contribution is -2.07. The zero-order valence-electron chi connectivity index (χ0n) is 7.95. The molecule has 0 heterocycles. The van der Waals surface area contributed by atoms with E-state index in [1.165, 1.54) is 13.0 Å². The molecule has 0 aliphatic rings. The van der Waals surface area contributed by atoms with Crippen molar-refractivity contribution in [1.29, 1.82) is 0 Å². The van der Waals surface area contributed by atoms with E-state index in [1.54, 1.807) is 0 Å². The van der Waals surface area contributed by atoms with Crippen molar-refractivity contribution in [2.45, 2.75) is 6.92 Å². The van der Waals surface area contributed by atoms with E-state index >= 15 is 0 Å². The molecule has 0 unspecified atom stereocenters. The topological polar surface area (TPSA) is 63.6 Å². The maximum absolute atomic E-state index is 11.1. The molecule has 0 fully saturated rings. The summed E-state index contributed by atoms with van der Waals surface area (Å²) < 4.78 is 4.64. The van der Waals surface area contributed by atoms with Crippen LogP contribution in [0.4, 0.5) is 0 Å². The molecular formula is C10H12O4. The summed E-state index contributed by atoms with van der Waals surface area (Å²) in [5.41, 5.74) is 0.0392. The maximum atomic E-state index is 11.1. The van der Waals surface area contributed by atoms with Gasteiger partial charge in [-0.2, -0.15) is 0 Å². The molecule has 0 aromatic heterocycles. The third-order valence-electron chi connectivity index (χ3n) is 1.32. The Labute approximate surface area is 82.2 Å². The summed E-state index contributed by atoms with van der Waals surface area (Å²) in [6.45, 7) is 8.20. The van der Waals surface area contributed by atoms with Crippen molar-refractivity contribution in [3.05, 3.63) is 36.5 Å². The van der Waals surface area contributed by atoms with Gasteiger partial charge in [-0.05, 0) is 13.0 Å². The fourth-order valence-corrected chi connectivity index (χ4v) is 0.609.